The Hall–Kier alpha value is -3.64. The van der Waals surface area contributed by atoms with Crippen molar-refractivity contribution in [3.05, 3.63) is 0 Å². The largest absolute Gasteiger partial charge is 0.481 e. The third-order valence-electron chi connectivity index (χ3n) is 6.85. The van der Waals surface area contributed by atoms with E-state index >= 15 is 0 Å². The topological polar surface area (TPSA) is 302 Å². The van der Waals surface area contributed by atoms with E-state index in [1.165, 1.54) is 18.7 Å². The highest BCUT2D eigenvalue weighted by Gasteiger charge is 2.33. The van der Waals surface area contributed by atoms with Crippen LogP contribution >= 0.6 is 11.8 Å². The Kier molecular flexibility index (Phi) is 20.2. The van der Waals surface area contributed by atoms with E-state index in [2.05, 4.69) is 26.3 Å². The smallest absolute Gasteiger partial charge is 0.326 e. The predicted octanol–water partition coefficient (Wildman–Crippen LogP) is -2.17. The normalized spacial score (nSPS) is 15.6. The number of carbonyl (C=O) groups is 6. The summed E-state index contributed by atoms with van der Waals surface area (Å²) >= 11 is 1.38. The molecule has 258 valence electrons. The number of hydrogen-bond donors (Lipinski definition) is 10. The van der Waals surface area contributed by atoms with Gasteiger partial charge in [-0.1, -0.05) is 20.3 Å². The van der Waals surface area contributed by atoms with Crippen LogP contribution in [0, 0.1) is 5.92 Å². The molecule has 0 aromatic carbocycles. The molecule has 0 radical (unpaired) electrons. The van der Waals surface area contributed by atoms with E-state index in [0.29, 0.717) is 12.2 Å². The van der Waals surface area contributed by atoms with Crippen molar-refractivity contribution in [2.75, 3.05) is 18.6 Å². The number of amides is 4. The lowest BCUT2D eigenvalue weighted by molar-refractivity contribution is -0.142. The number of rotatable bonds is 23. The number of aliphatic imine (C=N–C) groups is 1. The number of nitrogens with zero attached hydrogens (tertiary/aromatic N) is 1. The first kappa shape index (κ1) is 41.4. The van der Waals surface area contributed by atoms with Crippen molar-refractivity contribution in [2.45, 2.75) is 102 Å². The molecule has 4 amide bonds. The molecule has 0 saturated carbocycles. The van der Waals surface area contributed by atoms with Gasteiger partial charge in [0, 0.05) is 19.4 Å². The van der Waals surface area contributed by atoms with Crippen LogP contribution in [-0.4, -0.2) is 112 Å². The van der Waals surface area contributed by atoms with Gasteiger partial charge in [0.2, 0.25) is 23.6 Å². The molecule has 0 bridgehead atoms. The summed E-state index contributed by atoms with van der Waals surface area (Å²) in [7, 11) is 0. The average molecular weight is 663 g/mol. The summed E-state index contributed by atoms with van der Waals surface area (Å²) in [6, 6.07) is -6.23. The number of nitrogens with one attached hydrogen (secondary N) is 4. The molecule has 0 heterocycles. The summed E-state index contributed by atoms with van der Waals surface area (Å²) in [5, 5.41) is 38.6. The zero-order valence-corrected chi connectivity index (χ0v) is 27.1. The lowest BCUT2D eigenvalue weighted by Gasteiger charge is -2.27. The maximum Gasteiger partial charge on any atom is 0.326 e. The minimum atomic E-state index is -1.40. The molecule has 7 atom stereocenters. The van der Waals surface area contributed by atoms with Crippen molar-refractivity contribution in [3.8, 4) is 0 Å². The van der Waals surface area contributed by atoms with Crippen molar-refractivity contribution in [3.63, 3.8) is 0 Å². The average Bonchev–Trinajstić information content (AvgIpc) is 2.96. The fourth-order valence-electron chi connectivity index (χ4n) is 3.97. The highest BCUT2D eigenvalue weighted by molar-refractivity contribution is 7.98. The van der Waals surface area contributed by atoms with Gasteiger partial charge in [-0.15, -0.1) is 0 Å². The van der Waals surface area contributed by atoms with E-state index in [4.69, 9.17) is 22.3 Å². The van der Waals surface area contributed by atoms with E-state index < -0.39 is 78.3 Å². The number of thioether (sulfide) groups is 1. The number of aliphatic hydroxyl groups is 1. The lowest BCUT2D eigenvalue weighted by atomic mass is 9.98. The molecule has 0 spiro atoms. The van der Waals surface area contributed by atoms with Gasteiger partial charge in [-0.2, -0.15) is 11.8 Å². The molecule has 13 N–H and O–H groups in total. The van der Waals surface area contributed by atoms with E-state index in [-0.39, 0.29) is 50.5 Å². The first-order valence-electron chi connectivity index (χ1n) is 14.7. The molecule has 0 rings (SSSR count). The predicted molar refractivity (Wildman–Crippen MR) is 169 cm³/mol. The number of carboxylic acids is 2. The van der Waals surface area contributed by atoms with E-state index in [0.717, 1.165) is 0 Å². The standard InChI is InChI=1S/C27H50N8O9S/c1-5-14(2)21(28)25(42)33-16(8-9-20(37)38)22(39)35-19(13-15(3)36)24(41)32-17(10-12-45-4)23(40)34-18(26(43)44)7-6-11-31-27(29)30/h14-19,21,36H,5-13,28H2,1-4H3,(H,32,41)(H,33,42)(H,34,40)(H,35,39)(H,37,38)(H,43,44)(H4,29,30,31)/t14?,15-,16+,17+,18+,19+,21+/m1/s1. The lowest BCUT2D eigenvalue weighted by Crippen LogP contribution is -2.59. The Bertz CT molecular complexity index is 1030. The Morgan fingerprint density at radius 3 is 1.80 bits per heavy atom. The molecule has 0 aromatic rings. The zero-order valence-electron chi connectivity index (χ0n) is 26.3. The molecule has 0 saturated heterocycles. The van der Waals surface area contributed by atoms with Gasteiger partial charge in [-0.05, 0) is 50.5 Å². The van der Waals surface area contributed by atoms with Gasteiger partial charge in [-0.3, -0.25) is 29.0 Å². The number of aliphatic carboxylic acids is 2. The van der Waals surface area contributed by atoms with Crippen molar-refractivity contribution < 1.29 is 44.1 Å². The van der Waals surface area contributed by atoms with Gasteiger partial charge in [0.15, 0.2) is 5.96 Å². The molecule has 0 fully saturated rings. The van der Waals surface area contributed by atoms with Gasteiger partial charge < -0.3 is 53.8 Å². The number of hydrogen-bond acceptors (Lipinski definition) is 10. The van der Waals surface area contributed by atoms with E-state index in [1.54, 1.807) is 13.2 Å². The minimum absolute atomic E-state index is 0.00585. The van der Waals surface area contributed by atoms with Crippen molar-refractivity contribution in [2.24, 2.45) is 28.1 Å². The fourth-order valence-corrected chi connectivity index (χ4v) is 4.44. The Labute approximate surface area is 267 Å². The van der Waals surface area contributed by atoms with Crippen LogP contribution in [0.1, 0.15) is 65.7 Å². The molecule has 17 nitrogen and oxygen atoms in total. The van der Waals surface area contributed by atoms with Crippen molar-refractivity contribution >= 4 is 53.3 Å². The Morgan fingerprint density at radius 2 is 1.31 bits per heavy atom. The highest BCUT2D eigenvalue weighted by Crippen LogP contribution is 2.09. The Balaban J connectivity index is 5.88. The number of carbonyl (C=O) groups excluding carboxylic acids is 4. The summed E-state index contributed by atoms with van der Waals surface area (Å²) in [6.45, 7) is 5.09. The second-order valence-corrected chi connectivity index (χ2v) is 11.7. The van der Waals surface area contributed by atoms with Gasteiger partial charge in [0.25, 0.3) is 0 Å². The number of nitrogens with two attached hydrogens (primary N) is 3. The SMILES string of the molecule is CCC(C)[C@H](N)C(=O)N[C@@H](CCC(=O)O)C(=O)N[C@@H](C[C@@H](C)O)C(=O)N[C@@H](CCSC)C(=O)N[C@@H](CCCN=C(N)N)C(=O)O. The molecule has 0 aliphatic rings. The van der Waals surface area contributed by atoms with Gasteiger partial charge >= 0.3 is 11.9 Å². The second-order valence-electron chi connectivity index (χ2n) is 10.7. The molecular formula is C27H50N8O9S. The summed E-state index contributed by atoms with van der Waals surface area (Å²) in [6.07, 6.45) is 0.560. The maximum absolute atomic E-state index is 13.4. The van der Waals surface area contributed by atoms with Crippen LogP contribution in [0.3, 0.4) is 0 Å². The van der Waals surface area contributed by atoms with Crippen LogP contribution in [0.25, 0.3) is 0 Å². The van der Waals surface area contributed by atoms with Crippen molar-refractivity contribution in [1.82, 2.24) is 21.3 Å². The Morgan fingerprint density at radius 1 is 0.800 bits per heavy atom. The third kappa shape index (κ3) is 17.4. The molecule has 1 unspecified atom stereocenters. The van der Waals surface area contributed by atoms with Crippen LogP contribution in [0.2, 0.25) is 0 Å². The highest BCUT2D eigenvalue weighted by atomic mass is 32.2. The number of carboxylic acid groups (broad SMARTS) is 2. The van der Waals surface area contributed by atoms with Crippen LogP contribution in [0.5, 0.6) is 0 Å². The van der Waals surface area contributed by atoms with Crippen LogP contribution < -0.4 is 38.5 Å². The van der Waals surface area contributed by atoms with Crippen molar-refractivity contribution in [1.29, 1.82) is 0 Å². The molecule has 0 aliphatic heterocycles. The molecule has 18 heteroatoms. The minimum Gasteiger partial charge on any atom is -0.481 e. The maximum atomic E-state index is 13.4. The van der Waals surface area contributed by atoms with Gasteiger partial charge in [0.1, 0.15) is 24.2 Å². The third-order valence-corrected chi connectivity index (χ3v) is 7.50. The monoisotopic (exact) mass is 662 g/mol. The van der Waals surface area contributed by atoms with Gasteiger partial charge in [0.05, 0.1) is 12.1 Å². The summed E-state index contributed by atoms with van der Waals surface area (Å²) < 4.78 is 0. The first-order valence-corrected chi connectivity index (χ1v) is 16.1. The van der Waals surface area contributed by atoms with Gasteiger partial charge in [-0.25, -0.2) is 4.79 Å². The van der Waals surface area contributed by atoms with Crippen LogP contribution in [0.15, 0.2) is 4.99 Å². The second kappa shape index (κ2) is 22.0. The first-order chi connectivity index (χ1) is 21.0. The van der Waals surface area contributed by atoms with Crippen LogP contribution in [-0.2, 0) is 28.8 Å². The molecule has 0 aliphatic carbocycles. The van der Waals surface area contributed by atoms with E-state index in [1.807, 2.05) is 6.92 Å². The fraction of sp³-hybridized carbons (Fsp3) is 0.741. The quantitative estimate of drug-likeness (QED) is 0.0317. The molecule has 45 heavy (non-hydrogen) atoms. The summed E-state index contributed by atoms with van der Waals surface area (Å²) in [4.78, 5) is 79.1. The molecular weight excluding hydrogens is 612 g/mol. The molecule has 0 aromatic heterocycles. The summed E-state index contributed by atoms with van der Waals surface area (Å²) in [5.41, 5.74) is 16.5. The number of aliphatic hydroxyl groups excluding tert-OH is 1. The van der Waals surface area contributed by atoms with Crippen LogP contribution in [0.4, 0.5) is 0 Å². The summed E-state index contributed by atoms with van der Waals surface area (Å²) in [5.74, 6) is -5.70. The van der Waals surface area contributed by atoms with E-state index in [9.17, 15) is 39.0 Å². The zero-order chi connectivity index (χ0) is 34.7. The number of guanidine groups is 1.